The quantitative estimate of drug-likeness (QED) is 0.615. The molecule has 6 nitrogen and oxygen atoms in total. The lowest BCUT2D eigenvalue weighted by Crippen LogP contribution is -2.17. The van der Waals surface area contributed by atoms with E-state index < -0.39 is 5.97 Å². The van der Waals surface area contributed by atoms with Gasteiger partial charge in [-0.05, 0) is 26.3 Å². The van der Waals surface area contributed by atoms with Gasteiger partial charge in [0.05, 0.1) is 17.0 Å². The van der Waals surface area contributed by atoms with E-state index in [4.69, 9.17) is 10.5 Å². The molecule has 1 aromatic rings. The number of thiophene rings is 1. The van der Waals surface area contributed by atoms with Gasteiger partial charge in [-0.15, -0.1) is 11.3 Å². The maximum Gasteiger partial charge on any atom is 0.341 e. The Morgan fingerprint density at radius 2 is 2.00 bits per heavy atom. The Balaban J connectivity index is 3.19. The predicted molar refractivity (Wildman–Crippen MR) is 77.3 cm³/mol. The second-order valence-electron chi connectivity index (χ2n) is 4.12. The van der Waals surface area contributed by atoms with Crippen LogP contribution in [-0.4, -0.2) is 30.8 Å². The van der Waals surface area contributed by atoms with Gasteiger partial charge >= 0.3 is 5.97 Å². The normalized spacial score (nSPS) is 10.2. The number of Topliss-reactive ketones (excluding diaryl/α,β-unsaturated/α-hetero) is 1. The van der Waals surface area contributed by atoms with E-state index in [9.17, 15) is 14.4 Å². The standard InChI is InChI=1S/C13H18N2O4S/c1-4-19-13(18)10-7(2)11(8(3)16)20-12(10)15-9(17)5-6-14/h4-6,14H2,1-3H3,(H,15,17). The summed E-state index contributed by atoms with van der Waals surface area (Å²) < 4.78 is 4.96. The molecule has 1 rings (SSSR count). The summed E-state index contributed by atoms with van der Waals surface area (Å²) in [5.41, 5.74) is 6.08. The van der Waals surface area contributed by atoms with Gasteiger partial charge in [0.25, 0.3) is 0 Å². The molecule has 0 aliphatic heterocycles. The van der Waals surface area contributed by atoms with Crippen LogP contribution in [-0.2, 0) is 9.53 Å². The monoisotopic (exact) mass is 298 g/mol. The van der Waals surface area contributed by atoms with Gasteiger partial charge in [-0.25, -0.2) is 4.79 Å². The van der Waals surface area contributed by atoms with Crippen LogP contribution in [0.1, 0.15) is 45.9 Å². The van der Waals surface area contributed by atoms with E-state index in [0.29, 0.717) is 15.4 Å². The van der Waals surface area contributed by atoms with Gasteiger partial charge in [0.15, 0.2) is 5.78 Å². The van der Waals surface area contributed by atoms with E-state index >= 15 is 0 Å². The summed E-state index contributed by atoms with van der Waals surface area (Å²) in [5, 5.41) is 2.95. The molecule has 3 N–H and O–H groups in total. The number of anilines is 1. The molecule has 110 valence electrons. The van der Waals surface area contributed by atoms with Crippen molar-refractivity contribution in [1.29, 1.82) is 0 Å². The Kier molecular flexibility index (Phi) is 5.84. The molecule has 7 heteroatoms. The Morgan fingerprint density at radius 3 is 2.50 bits per heavy atom. The fourth-order valence-corrected chi connectivity index (χ4v) is 2.81. The summed E-state index contributed by atoms with van der Waals surface area (Å²) in [6.45, 7) is 5.21. The third-order valence-electron chi connectivity index (χ3n) is 2.57. The molecule has 0 fully saturated rings. The zero-order valence-corrected chi connectivity index (χ0v) is 12.6. The second kappa shape index (κ2) is 7.16. The lowest BCUT2D eigenvalue weighted by atomic mass is 10.1. The van der Waals surface area contributed by atoms with Crippen LogP contribution in [0.2, 0.25) is 0 Å². The number of rotatable bonds is 6. The lowest BCUT2D eigenvalue weighted by Gasteiger charge is -2.06. The van der Waals surface area contributed by atoms with E-state index in [0.717, 1.165) is 11.3 Å². The van der Waals surface area contributed by atoms with Crippen molar-refractivity contribution in [3.05, 3.63) is 16.0 Å². The van der Waals surface area contributed by atoms with Gasteiger partial charge in [0.1, 0.15) is 5.00 Å². The minimum absolute atomic E-state index is 0.147. The number of nitrogens with one attached hydrogen (secondary N) is 1. The molecule has 0 aromatic carbocycles. The van der Waals surface area contributed by atoms with E-state index in [-0.39, 0.29) is 36.8 Å². The molecule has 0 saturated carbocycles. The number of hydrogen-bond acceptors (Lipinski definition) is 6. The summed E-state index contributed by atoms with van der Waals surface area (Å²) in [6, 6.07) is 0. The first-order chi connectivity index (χ1) is 9.42. The molecule has 0 atom stereocenters. The van der Waals surface area contributed by atoms with Crippen molar-refractivity contribution in [2.24, 2.45) is 5.73 Å². The molecule has 0 bridgehead atoms. The zero-order valence-electron chi connectivity index (χ0n) is 11.7. The smallest absolute Gasteiger partial charge is 0.341 e. The molecule has 20 heavy (non-hydrogen) atoms. The molecular formula is C13H18N2O4S. The van der Waals surface area contributed by atoms with Gasteiger partial charge in [0, 0.05) is 13.0 Å². The molecule has 0 radical (unpaired) electrons. The number of ketones is 1. The molecule has 1 amide bonds. The van der Waals surface area contributed by atoms with Gasteiger partial charge in [-0.2, -0.15) is 0 Å². The maximum atomic E-state index is 12.0. The number of amides is 1. The van der Waals surface area contributed by atoms with Crippen molar-refractivity contribution >= 4 is 34.0 Å². The van der Waals surface area contributed by atoms with Crippen LogP contribution in [0.3, 0.4) is 0 Å². The molecule has 1 heterocycles. The Hall–Kier alpha value is -1.73. The molecular weight excluding hydrogens is 280 g/mol. The zero-order chi connectivity index (χ0) is 15.3. The second-order valence-corrected chi connectivity index (χ2v) is 5.14. The summed E-state index contributed by atoms with van der Waals surface area (Å²) >= 11 is 1.08. The Morgan fingerprint density at radius 1 is 1.35 bits per heavy atom. The third kappa shape index (κ3) is 3.64. The van der Waals surface area contributed by atoms with Crippen molar-refractivity contribution in [3.63, 3.8) is 0 Å². The molecule has 0 aliphatic carbocycles. The van der Waals surface area contributed by atoms with Gasteiger partial charge in [0.2, 0.25) is 5.91 Å². The van der Waals surface area contributed by atoms with Crippen LogP contribution >= 0.6 is 11.3 Å². The van der Waals surface area contributed by atoms with Crippen molar-refractivity contribution in [2.75, 3.05) is 18.5 Å². The molecule has 1 aromatic heterocycles. The van der Waals surface area contributed by atoms with Crippen LogP contribution in [0.5, 0.6) is 0 Å². The summed E-state index contributed by atoms with van der Waals surface area (Å²) in [4.78, 5) is 35.6. The number of ether oxygens (including phenoxy) is 1. The highest BCUT2D eigenvalue weighted by atomic mass is 32.1. The van der Waals surface area contributed by atoms with E-state index in [1.54, 1.807) is 13.8 Å². The van der Waals surface area contributed by atoms with Crippen LogP contribution < -0.4 is 11.1 Å². The molecule has 0 unspecified atom stereocenters. The van der Waals surface area contributed by atoms with E-state index in [1.165, 1.54) is 6.92 Å². The highest BCUT2D eigenvalue weighted by Gasteiger charge is 2.24. The molecule has 0 aliphatic rings. The largest absolute Gasteiger partial charge is 0.462 e. The predicted octanol–water partition coefficient (Wildman–Crippen LogP) is 1.72. The number of nitrogens with two attached hydrogens (primary N) is 1. The van der Waals surface area contributed by atoms with Crippen molar-refractivity contribution in [3.8, 4) is 0 Å². The summed E-state index contributed by atoms with van der Waals surface area (Å²) in [6.07, 6.45) is 0.147. The average Bonchev–Trinajstić information content (AvgIpc) is 2.66. The Labute approximate surface area is 121 Å². The van der Waals surface area contributed by atoms with Crippen LogP contribution in [0, 0.1) is 6.92 Å². The van der Waals surface area contributed by atoms with Gasteiger partial charge < -0.3 is 15.8 Å². The van der Waals surface area contributed by atoms with Crippen LogP contribution in [0.25, 0.3) is 0 Å². The highest BCUT2D eigenvalue weighted by Crippen LogP contribution is 2.34. The number of esters is 1. The van der Waals surface area contributed by atoms with Crippen LogP contribution in [0.15, 0.2) is 0 Å². The molecule has 0 saturated heterocycles. The van der Waals surface area contributed by atoms with Gasteiger partial charge in [-0.1, -0.05) is 0 Å². The summed E-state index contributed by atoms with van der Waals surface area (Å²) in [5.74, 6) is -0.997. The summed E-state index contributed by atoms with van der Waals surface area (Å²) in [7, 11) is 0. The topological polar surface area (TPSA) is 98.5 Å². The lowest BCUT2D eigenvalue weighted by molar-refractivity contribution is -0.116. The first-order valence-corrected chi connectivity index (χ1v) is 7.05. The first kappa shape index (κ1) is 16.3. The highest BCUT2D eigenvalue weighted by molar-refractivity contribution is 7.18. The fourth-order valence-electron chi connectivity index (χ4n) is 1.71. The van der Waals surface area contributed by atoms with Crippen LogP contribution in [0.4, 0.5) is 5.00 Å². The third-order valence-corrected chi connectivity index (χ3v) is 3.88. The average molecular weight is 298 g/mol. The SMILES string of the molecule is CCOC(=O)c1c(NC(=O)CCN)sc(C(C)=O)c1C. The fraction of sp³-hybridized carbons (Fsp3) is 0.462. The number of hydrogen-bond donors (Lipinski definition) is 2. The first-order valence-electron chi connectivity index (χ1n) is 6.23. The minimum atomic E-state index is -0.545. The van der Waals surface area contributed by atoms with Crippen molar-refractivity contribution in [1.82, 2.24) is 0 Å². The van der Waals surface area contributed by atoms with E-state index in [1.807, 2.05) is 0 Å². The maximum absolute atomic E-state index is 12.0. The minimum Gasteiger partial charge on any atom is -0.462 e. The number of carbonyl (C=O) groups is 3. The Bertz CT molecular complexity index is 537. The molecule has 0 spiro atoms. The van der Waals surface area contributed by atoms with Crippen molar-refractivity contribution < 1.29 is 19.1 Å². The van der Waals surface area contributed by atoms with E-state index in [2.05, 4.69) is 5.32 Å². The van der Waals surface area contributed by atoms with Gasteiger partial charge in [-0.3, -0.25) is 9.59 Å². The van der Waals surface area contributed by atoms with Crippen molar-refractivity contribution in [2.45, 2.75) is 27.2 Å². The number of carbonyl (C=O) groups excluding carboxylic acids is 3.